The van der Waals surface area contributed by atoms with Gasteiger partial charge in [0, 0.05) is 5.69 Å². The molecule has 0 heterocycles. The number of nitrogens with one attached hydrogen (secondary N) is 1. The molecule has 114 valence electrons. The van der Waals surface area contributed by atoms with Crippen molar-refractivity contribution in [2.24, 2.45) is 5.73 Å². The van der Waals surface area contributed by atoms with Crippen LogP contribution in [-0.4, -0.2) is 43.7 Å². The minimum absolute atomic E-state index is 0.187. The van der Waals surface area contributed by atoms with Crippen LogP contribution in [0.3, 0.4) is 0 Å². The average Bonchev–Trinajstić information content (AvgIpc) is 2.36. The number of nitrogens with two attached hydrogens (primary N) is 1. The predicted octanol–water partition coefficient (Wildman–Crippen LogP) is 0.120. The molecule has 0 aliphatic carbocycles. The Hall–Kier alpha value is -1.68. The highest BCUT2D eigenvalue weighted by Crippen LogP contribution is 2.09. The number of carbonyl (C=O) groups excluding carboxylic acids is 1. The van der Waals surface area contributed by atoms with Crippen molar-refractivity contribution in [3.8, 4) is 0 Å². The zero-order valence-corrected chi connectivity index (χ0v) is 11.8. The van der Waals surface area contributed by atoms with Crippen LogP contribution in [0.5, 0.6) is 0 Å². The fourth-order valence-corrected chi connectivity index (χ4v) is 1.20. The molecule has 8 nitrogen and oxygen atoms in total. The van der Waals surface area contributed by atoms with Crippen LogP contribution < -0.4 is 11.1 Å². The molecule has 1 rings (SSSR count). The third-order valence-electron chi connectivity index (χ3n) is 2.05. The minimum Gasteiger partial charge on any atom is -0.468 e. The number of carbonyl (C=O) groups is 1. The van der Waals surface area contributed by atoms with Crippen molar-refractivity contribution in [3.63, 3.8) is 0 Å². The Morgan fingerprint density at radius 1 is 1.30 bits per heavy atom. The van der Waals surface area contributed by atoms with E-state index >= 15 is 0 Å². The van der Waals surface area contributed by atoms with Crippen LogP contribution >= 0.6 is 0 Å². The zero-order valence-electron chi connectivity index (χ0n) is 10.9. The highest BCUT2D eigenvalue weighted by atomic mass is 32.3. The number of anilines is 1. The van der Waals surface area contributed by atoms with E-state index in [-0.39, 0.29) is 12.5 Å². The predicted molar refractivity (Wildman–Crippen MR) is 73.9 cm³/mol. The van der Waals surface area contributed by atoms with Crippen molar-refractivity contribution in [2.45, 2.75) is 6.42 Å². The Bertz CT molecular complexity index is 492. The molecular weight excluding hydrogens is 288 g/mol. The molecule has 0 aromatic heterocycles. The van der Waals surface area contributed by atoms with Crippen molar-refractivity contribution in [1.29, 1.82) is 0 Å². The summed E-state index contributed by atoms with van der Waals surface area (Å²) >= 11 is 0. The summed E-state index contributed by atoms with van der Waals surface area (Å²) < 4.78 is 36.1. The Morgan fingerprint density at radius 2 is 1.80 bits per heavy atom. The molecule has 0 spiro atoms. The van der Waals surface area contributed by atoms with Gasteiger partial charge in [0.05, 0.1) is 7.11 Å². The van der Waals surface area contributed by atoms with Gasteiger partial charge in [-0.1, -0.05) is 12.1 Å². The van der Waals surface area contributed by atoms with Crippen LogP contribution in [0.15, 0.2) is 24.3 Å². The molecule has 0 saturated carbocycles. The number of hydrogen-bond acceptors (Lipinski definition) is 6. The molecule has 0 atom stereocenters. The first-order valence-corrected chi connectivity index (χ1v) is 6.95. The van der Waals surface area contributed by atoms with Gasteiger partial charge in [-0.05, 0) is 30.7 Å². The van der Waals surface area contributed by atoms with E-state index in [0.717, 1.165) is 12.1 Å². The summed E-state index contributed by atoms with van der Waals surface area (Å²) in [5, 5.41) is 2.96. The van der Waals surface area contributed by atoms with E-state index in [0.29, 0.717) is 6.54 Å². The molecule has 0 amide bonds. The monoisotopic (exact) mass is 306 g/mol. The van der Waals surface area contributed by atoms with Gasteiger partial charge >= 0.3 is 16.4 Å². The van der Waals surface area contributed by atoms with Crippen LogP contribution in [0.1, 0.15) is 5.56 Å². The first-order chi connectivity index (χ1) is 9.26. The van der Waals surface area contributed by atoms with Gasteiger partial charge in [0.1, 0.15) is 6.54 Å². The second-order valence-electron chi connectivity index (χ2n) is 3.61. The maximum atomic E-state index is 10.9. The quantitative estimate of drug-likeness (QED) is 0.444. The van der Waals surface area contributed by atoms with E-state index < -0.39 is 10.4 Å². The first kappa shape index (κ1) is 18.3. The number of rotatable bonds is 5. The summed E-state index contributed by atoms with van der Waals surface area (Å²) in [4.78, 5) is 10.9. The van der Waals surface area contributed by atoms with E-state index in [2.05, 4.69) is 10.1 Å². The molecule has 0 aliphatic heterocycles. The van der Waals surface area contributed by atoms with Crippen molar-refractivity contribution in [1.82, 2.24) is 0 Å². The van der Waals surface area contributed by atoms with Crippen molar-refractivity contribution >= 4 is 22.1 Å². The number of methoxy groups -OCH3 is 1. The van der Waals surface area contributed by atoms with E-state index in [1.165, 1.54) is 12.7 Å². The molecule has 20 heavy (non-hydrogen) atoms. The van der Waals surface area contributed by atoms with Crippen LogP contribution in [0.2, 0.25) is 0 Å². The summed E-state index contributed by atoms with van der Waals surface area (Å²) in [6, 6.07) is 7.83. The van der Waals surface area contributed by atoms with Gasteiger partial charge in [0.2, 0.25) is 0 Å². The molecule has 0 unspecified atom stereocenters. The Labute approximate surface area is 117 Å². The fourth-order valence-electron chi connectivity index (χ4n) is 1.20. The zero-order chi connectivity index (χ0) is 15.6. The van der Waals surface area contributed by atoms with Crippen LogP contribution in [-0.2, 0) is 26.4 Å². The largest absolute Gasteiger partial charge is 0.468 e. The second-order valence-corrected chi connectivity index (χ2v) is 4.51. The molecule has 0 radical (unpaired) electrons. The fraction of sp³-hybridized carbons (Fsp3) is 0.364. The van der Waals surface area contributed by atoms with Gasteiger partial charge in [0.15, 0.2) is 0 Å². The Morgan fingerprint density at radius 3 is 2.20 bits per heavy atom. The average molecular weight is 306 g/mol. The smallest absolute Gasteiger partial charge is 0.394 e. The van der Waals surface area contributed by atoms with E-state index in [4.69, 9.17) is 23.3 Å². The molecule has 1 aromatic carbocycles. The molecule has 9 heteroatoms. The van der Waals surface area contributed by atoms with Crippen molar-refractivity contribution in [2.75, 3.05) is 25.5 Å². The van der Waals surface area contributed by atoms with Gasteiger partial charge in [-0.3, -0.25) is 13.9 Å². The highest BCUT2D eigenvalue weighted by Gasteiger charge is 1.99. The van der Waals surface area contributed by atoms with Crippen LogP contribution in [0.4, 0.5) is 5.69 Å². The standard InChI is InChI=1S/C11H16N2O2.H2O4S/c1-15-11(14)8-13-10-4-2-9(3-5-10)6-7-12;1-5(2,3)4/h2-5,13H,6-8,12H2,1H3;(H2,1,2,3,4). The summed E-state index contributed by atoms with van der Waals surface area (Å²) in [5.74, 6) is -0.277. The lowest BCUT2D eigenvalue weighted by atomic mass is 10.1. The topological polar surface area (TPSA) is 139 Å². The summed E-state index contributed by atoms with van der Waals surface area (Å²) in [6.07, 6.45) is 0.872. The maximum absolute atomic E-state index is 10.9. The number of benzene rings is 1. The van der Waals surface area contributed by atoms with Crippen LogP contribution in [0, 0.1) is 0 Å². The van der Waals surface area contributed by atoms with Gasteiger partial charge < -0.3 is 15.8 Å². The first-order valence-electron chi connectivity index (χ1n) is 5.56. The van der Waals surface area contributed by atoms with Crippen molar-refractivity contribution < 1.29 is 27.1 Å². The Balaban J connectivity index is 0.000000621. The van der Waals surface area contributed by atoms with Gasteiger partial charge in [-0.25, -0.2) is 0 Å². The van der Waals surface area contributed by atoms with Crippen molar-refractivity contribution in [3.05, 3.63) is 29.8 Å². The number of ether oxygens (including phenoxy) is 1. The lowest BCUT2D eigenvalue weighted by Gasteiger charge is -2.05. The normalized spacial score (nSPS) is 10.2. The third kappa shape index (κ3) is 11.4. The molecule has 5 N–H and O–H groups in total. The minimum atomic E-state index is -4.67. The molecule has 0 saturated heterocycles. The SMILES string of the molecule is COC(=O)CNc1ccc(CCN)cc1.O=S(=O)(O)O. The summed E-state index contributed by atoms with van der Waals surface area (Å²) in [7, 11) is -3.30. The van der Waals surface area contributed by atoms with Gasteiger partial charge in [-0.2, -0.15) is 8.42 Å². The lowest BCUT2D eigenvalue weighted by molar-refractivity contribution is -0.138. The van der Waals surface area contributed by atoms with E-state index in [1.54, 1.807) is 0 Å². The second kappa shape index (κ2) is 9.26. The summed E-state index contributed by atoms with van der Waals surface area (Å²) in [6.45, 7) is 0.835. The number of hydrogen-bond donors (Lipinski definition) is 4. The Kier molecular flexibility index (Phi) is 8.48. The lowest BCUT2D eigenvalue weighted by Crippen LogP contribution is -2.14. The van der Waals surface area contributed by atoms with Gasteiger partial charge in [-0.15, -0.1) is 0 Å². The molecule has 0 bridgehead atoms. The molecule has 0 fully saturated rings. The maximum Gasteiger partial charge on any atom is 0.394 e. The number of esters is 1. The van der Waals surface area contributed by atoms with Gasteiger partial charge in [0.25, 0.3) is 0 Å². The van der Waals surface area contributed by atoms with Crippen LogP contribution in [0.25, 0.3) is 0 Å². The molecule has 0 aliphatic rings. The van der Waals surface area contributed by atoms with E-state index in [9.17, 15) is 4.79 Å². The highest BCUT2D eigenvalue weighted by molar-refractivity contribution is 7.79. The van der Waals surface area contributed by atoms with E-state index in [1.807, 2.05) is 24.3 Å². The summed E-state index contributed by atoms with van der Waals surface area (Å²) in [5.41, 5.74) is 7.54. The third-order valence-corrected chi connectivity index (χ3v) is 2.05. The molecule has 1 aromatic rings. The molecular formula is C11H18N2O6S.